The summed E-state index contributed by atoms with van der Waals surface area (Å²) >= 11 is 1.33. The Morgan fingerprint density at radius 2 is 2.00 bits per heavy atom. The maximum Gasteiger partial charge on any atom is 0.352 e. The molecule has 2 aliphatic heterocycles. The number of aliphatic carboxylic acids is 1. The number of hydrogen-bond acceptors (Lipinski definition) is 6. The lowest BCUT2D eigenvalue weighted by atomic mass is 9.98. The quantitative estimate of drug-likeness (QED) is 0.539. The van der Waals surface area contributed by atoms with Crippen LogP contribution < -0.4 is 5.32 Å². The Morgan fingerprint density at radius 3 is 2.61 bits per heavy atom. The van der Waals surface area contributed by atoms with E-state index in [0.29, 0.717) is 11.3 Å². The molecule has 1 aromatic rings. The topological polar surface area (TPSA) is 113 Å². The summed E-state index contributed by atoms with van der Waals surface area (Å²) in [6.07, 6.45) is 0. The molecule has 1 aromatic carbocycles. The Labute approximate surface area is 165 Å². The predicted molar refractivity (Wildman–Crippen MR) is 101 cm³/mol. The van der Waals surface area contributed by atoms with Crippen molar-refractivity contribution in [3.05, 3.63) is 47.2 Å². The van der Waals surface area contributed by atoms with E-state index >= 15 is 0 Å². The maximum atomic E-state index is 12.6. The van der Waals surface area contributed by atoms with Crippen LogP contribution in [0.15, 0.2) is 41.6 Å². The Morgan fingerprint density at radius 1 is 1.32 bits per heavy atom. The van der Waals surface area contributed by atoms with Crippen molar-refractivity contribution in [2.75, 3.05) is 12.4 Å². The number of ether oxygens (including phenoxy) is 1. The molecule has 3 rings (SSSR count). The highest BCUT2D eigenvalue weighted by Crippen LogP contribution is 2.40. The van der Waals surface area contributed by atoms with E-state index in [9.17, 15) is 24.3 Å². The maximum absolute atomic E-state index is 12.6. The normalized spacial score (nSPS) is 22.1. The van der Waals surface area contributed by atoms with Gasteiger partial charge in [-0.3, -0.25) is 19.3 Å². The van der Waals surface area contributed by atoms with Crippen LogP contribution in [0.5, 0.6) is 0 Å². The molecule has 0 radical (unpaired) electrons. The first-order chi connectivity index (χ1) is 13.3. The number of carbonyl (C=O) groups excluding carboxylic acids is 3. The number of carboxylic acid groups (broad SMARTS) is 1. The van der Waals surface area contributed by atoms with E-state index in [1.807, 2.05) is 30.3 Å². The number of thioether (sulfide) groups is 1. The molecule has 2 aliphatic rings. The summed E-state index contributed by atoms with van der Waals surface area (Å²) in [6.45, 7) is 2.80. The number of fused-ring (bicyclic) bond motifs is 1. The Hall–Kier alpha value is -2.81. The van der Waals surface area contributed by atoms with E-state index in [0.717, 1.165) is 10.5 Å². The van der Waals surface area contributed by atoms with Crippen molar-refractivity contribution >= 4 is 35.5 Å². The molecule has 2 heterocycles. The van der Waals surface area contributed by atoms with Crippen LogP contribution in [-0.2, 0) is 23.9 Å². The first-order valence-electron chi connectivity index (χ1n) is 8.70. The van der Waals surface area contributed by atoms with Gasteiger partial charge in [0.2, 0.25) is 5.91 Å². The third-order valence-electron chi connectivity index (χ3n) is 4.69. The molecular weight excluding hydrogens is 384 g/mol. The summed E-state index contributed by atoms with van der Waals surface area (Å²) in [7, 11) is 0. The highest BCUT2D eigenvalue weighted by atomic mass is 32.2. The molecular formula is C19H20N2O6S. The van der Waals surface area contributed by atoms with E-state index in [1.54, 1.807) is 6.92 Å². The minimum atomic E-state index is -1.26. The first-order valence-corrected chi connectivity index (χ1v) is 9.74. The smallest absolute Gasteiger partial charge is 0.352 e. The Balaban J connectivity index is 1.72. The van der Waals surface area contributed by atoms with E-state index in [-0.39, 0.29) is 18.2 Å². The van der Waals surface area contributed by atoms with Crippen LogP contribution in [0.1, 0.15) is 25.3 Å². The lowest BCUT2D eigenvalue weighted by Crippen LogP contribution is -2.70. The molecule has 1 saturated heterocycles. The predicted octanol–water partition coefficient (Wildman–Crippen LogP) is 1.09. The number of carbonyl (C=O) groups is 4. The summed E-state index contributed by atoms with van der Waals surface area (Å²) in [6, 6.07) is 8.41. The number of rotatable bonds is 6. The van der Waals surface area contributed by atoms with E-state index < -0.39 is 35.2 Å². The van der Waals surface area contributed by atoms with E-state index in [4.69, 9.17) is 4.74 Å². The van der Waals surface area contributed by atoms with Crippen LogP contribution in [0.25, 0.3) is 0 Å². The van der Waals surface area contributed by atoms with Crippen molar-refractivity contribution in [2.24, 2.45) is 0 Å². The standard InChI is InChI=1S/C19H20N2O6S/c1-10(12-6-4-3-5-7-12)16(23)20-14-17(24)21-15(19(25)26)13(8-27-11(2)22)9-28-18(14)21/h3-7,10,14,18H,8-9H2,1-2H3,(H,20,23)(H,25,26)/t10?,14-,18-/m1/s1. The summed E-state index contributed by atoms with van der Waals surface area (Å²) in [5, 5.41) is 11.8. The fourth-order valence-electron chi connectivity index (χ4n) is 3.15. The monoisotopic (exact) mass is 404 g/mol. The minimum Gasteiger partial charge on any atom is -0.477 e. The first kappa shape index (κ1) is 19.9. The molecule has 28 heavy (non-hydrogen) atoms. The van der Waals surface area contributed by atoms with Crippen LogP contribution in [0.2, 0.25) is 0 Å². The zero-order chi connectivity index (χ0) is 20.4. The van der Waals surface area contributed by atoms with Crippen molar-refractivity contribution in [3.63, 3.8) is 0 Å². The van der Waals surface area contributed by atoms with E-state index in [1.165, 1.54) is 18.7 Å². The van der Waals surface area contributed by atoms with Gasteiger partial charge in [0.15, 0.2) is 0 Å². The van der Waals surface area contributed by atoms with Gasteiger partial charge in [-0.1, -0.05) is 30.3 Å². The fraction of sp³-hybridized carbons (Fsp3) is 0.368. The molecule has 1 fully saturated rings. The SMILES string of the molecule is CC(=O)OCC1=C(C(=O)O)N2C(=O)[C@@H](NC(=O)C(C)c3ccccc3)[C@H]2SC1. The Bertz CT molecular complexity index is 853. The van der Waals surface area contributed by atoms with E-state index in [2.05, 4.69) is 5.32 Å². The second kappa shape index (κ2) is 8.05. The fourth-order valence-corrected chi connectivity index (χ4v) is 4.48. The average Bonchev–Trinajstić information content (AvgIpc) is 2.69. The molecule has 0 saturated carbocycles. The lowest BCUT2D eigenvalue weighted by molar-refractivity contribution is -0.151. The summed E-state index contributed by atoms with van der Waals surface area (Å²) in [5.74, 6) is -2.71. The zero-order valence-corrected chi connectivity index (χ0v) is 16.2. The van der Waals surface area contributed by atoms with Crippen molar-refractivity contribution in [1.82, 2.24) is 10.2 Å². The van der Waals surface area contributed by atoms with Crippen molar-refractivity contribution in [1.29, 1.82) is 0 Å². The van der Waals surface area contributed by atoms with Crippen molar-refractivity contribution in [3.8, 4) is 0 Å². The van der Waals surface area contributed by atoms with Crippen molar-refractivity contribution in [2.45, 2.75) is 31.2 Å². The number of nitrogens with one attached hydrogen (secondary N) is 1. The molecule has 3 atom stereocenters. The lowest BCUT2D eigenvalue weighted by Gasteiger charge is -2.49. The van der Waals surface area contributed by atoms with Gasteiger partial charge in [0.25, 0.3) is 5.91 Å². The van der Waals surface area contributed by atoms with Crippen LogP contribution >= 0.6 is 11.8 Å². The van der Waals surface area contributed by atoms with Gasteiger partial charge in [-0.15, -0.1) is 11.8 Å². The second-order valence-corrected chi connectivity index (χ2v) is 7.67. The molecule has 0 aromatic heterocycles. The zero-order valence-electron chi connectivity index (χ0n) is 15.4. The van der Waals surface area contributed by atoms with Crippen LogP contribution in [0.4, 0.5) is 0 Å². The molecule has 2 amide bonds. The highest BCUT2D eigenvalue weighted by Gasteiger charge is 2.54. The molecule has 2 N–H and O–H groups in total. The summed E-state index contributed by atoms with van der Waals surface area (Å²) in [5.41, 5.74) is 1.02. The largest absolute Gasteiger partial charge is 0.477 e. The average molecular weight is 404 g/mol. The molecule has 0 bridgehead atoms. The molecule has 9 heteroatoms. The van der Waals surface area contributed by atoms with Gasteiger partial charge in [0.1, 0.15) is 23.7 Å². The van der Waals surface area contributed by atoms with Gasteiger partial charge in [0.05, 0.1) is 5.92 Å². The second-order valence-electron chi connectivity index (χ2n) is 6.57. The number of esters is 1. The Kier molecular flexibility index (Phi) is 5.73. The van der Waals surface area contributed by atoms with Crippen LogP contribution in [0.3, 0.4) is 0 Å². The van der Waals surface area contributed by atoms with Gasteiger partial charge in [0, 0.05) is 18.2 Å². The van der Waals surface area contributed by atoms with Crippen LogP contribution in [-0.4, -0.2) is 57.5 Å². The third-order valence-corrected chi connectivity index (χ3v) is 6.03. The summed E-state index contributed by atoms with van der Waals surface area (Å²) < 4.78 is 4.90. The minimum absolute atomic E-state index is 0.170. The number of nitrogens with zero attached hydrogens (tertiary/aromatic N) is 1. The number of β-lactam (4-membered cyclic amide) rings is 1. The van der Waals surface area contributed by atoms with Gasteiger partial charge < -0.3 is 15.2 Å². The molecule has 148 valence electrons. The third kappa shape index (κ3) is 3.75. The number of amides is 2. The van der Waals surface area contributed by atoms with Gasteiger partial charge in [-0.05, 0) is 12.5 Å². The van der Waals surface area contributed by atoms with Gasteiger partial charge in [-0.25, -0.2) is 4.79 Å². The molecule has 0 aliphatic carbocycles. The van der Waals surface area contributed by atoms with Crippen molar-refractivity contribution < 1.29 is 29.0 Å². The van der Waals surface area contributed by atoms with Crippen LogP contribution in [0, 0.1) is 0 Å². The number of hydrogen-bond donors (Lipinski definition) is 2. The summed E-state index contributed by atoms with van der Waals surface area (Å²) in [4.78, 5) is 49.0. The number of carboxylic acids is 1. The molecule has 1 unspecified atom stereocenters. The van der Waals surface area contributed by atoms with Gasteiger partial charge in [-0.2, -0.15) is 0 Å². The highest BCUT2D eigenvalue weighted by molar-refractivity contribution is 8.00. The number of benzene rings is 1. The molecule has 0 spiro atoms. The molecule has 8 nitrogen and oxygen atoms in total. The van der Waals surface area contributed by atoms with Gasteiger partial charge >= 0.3 is 11.9 Å².